The van der Waals surface area contributed by atoms with Gasteiger partial charge in [0.2, 0.25) is 0 Å². The summed E-state index contributed by atoms with van der Waals surface area (Å²) in [6.07, 6.45) is 3.01. The minimum atomic E-state index is -0.259. The Morgan fingerprint density at radius 2 is 2.24 bits per heavy atom. The Kier molecular flexibility index (Phi) is 3.74. The summed E-state index contributed by atoms with van der Waals surface area (Å²) >= 11 is 0. The van der Waals surface area contributed by atoms with Crippen LogP contribution < -0.4 is 5.32 Å². The van der Waals surface area contributed by atoms with Crippen molar-refractivity contribution in [2.24, 2.45) is 0 Å². The van der Waals surface area contributed by atoms with Crippen LogP contribution in [0.4, 0.5) is 4.39 Å². The van der Waals surface area contributed by atoms with Crippen LogP contribution in [0.2, 0.25) is 0 Å². The highest BCUT2D eigenvalue weighted by Crippen LogP contribution is 2.24. The number of piperazine rings is 1. The van der Waals surface area contributed by atoms with Crippen molar-refractivity contribution in [3.63, 3.8) is 0 Å². The Morgan fingerprint density at radius 1 is 1.47 bits per heavy atom. The van der Waals surface area contributed by atoms with E-state index in [1.165, 1.54) is 6.20 Å². The van der Waals surface area contributed by atoms with Crippen molar-refractivity contribution in [3.8, 4) is 0 Å². The quantitative estimate of drug-likeness (QED) is 0.852. The highest BCUT2D eigenvalue weighted by Gasteiger charge is 2.27. The summed E-state index contributed by atoms with van der Waals surface area (Å²) in [6, 6.07) is 2.73. The number of hydrogen-bond donors (Lipinski definition) is 1. The first-order valence-corrected chi connectivity index (χ1v) is 6.17. The molecule has 1 aromatic rings. The van der Waals surface area contributed by atoms with Crippen LogP contribution in [-0.4, -0.2) is 35.1 Å². The van der Waals surface area contributed by atoms with Crippen molar-refractivity contribution in [3.05, 3.63) is 29.8 Å². The lowest BCUT2D eigenvalue weighted by molar-refractivity contribution is 0.103. The Balaban J connectivity index is 2.15. The minimum absolute atomic E-state index is 0.206. The maximum absolute atomic E-state index is 13.2. The number of pyridine rings is 1. The molecule has 1 aromatic heterocycles. The van der Waals surface area contributed by atoms with E-state index in [-0.39, 0.29) is 11.9 Å². The maximum Gasteiger partial charge on any atom is 0.141 e. The molecule has 1 saturated heterocycles. The number of nitrogens with zero attached hydrogens (tertiary/aromatic N) is 2. The molecule has 0 radical (unpaired) electrons. The second-order valence-electron chi connectivity index (χ2n) is 4.97. The van der Waals surface area contributed by atoms with E-state index in [9.17, 15) is 4.39 Å². The molecule has 1 aliphatic rings. The molecule has 2 heterocycles. The molecule has 1 aliphatic heterocycles. The van der Waals surface area contributed by atoms with Crippen LogP contribution in [0.25, 0.3) is 0 Å². The van der Waals surface area contributed by atoms with Gasteiger partial charge in [0.25, 0.3) is 0 Å². The molecule has 0 aromatic carbocycles. The fraction of sp³-hybridized carbons (Fsp3) is 0.615. The molecule has 1 fully saturated rings. The van der Waals surface area contributed by atoms with E-state index >= 15 is 0 Å². The Bertz CT molecular complexity index is 383. The molecule has 0 bridgehead atoms. The predicted octanol–water partition coefficient (Wildman–Crippen LogP) is 1.96. The zero-order valence-corrected chi connectivity index (χ0v) is 10.7. The van der Waals surface area contributed by atoms with Crippen molar-refractivity contribution in [1.82, 2.24) is 15.2 Å². The maximum atomic E-state index is 13.2. The molecule has 94 valence electrons. The van der Waals surface area contributed by atoms with Gasteiger partial charge in [0.05, 0.1) is 6.20 Å². The van der Waals surface area contributed by atoms with E-state index in [0.717, 1.165) is 18.7 Å². The molecule has 3 nitrogen and oxygen atoms in total. The topological polar surface area (TPSA) is 28.2 Å². The zero-order valence-electron chi connectivity index (χ0n) is 10.7. The summed E-state index contributed by atoms with van der Waals surface area (Å²) in [5.74, 6) is -0.259. The SMILES string of the molecule is CC1CN(C(C)c2cncc(F)c2)C(C)CN1. The summed E-state index contributed by atoms with van der Waals surface area (Å²) in [6.45, 7) is 8.45. The Morgan fingerprint density at radius 3 is 2.94 bits per heavy atom. The van der Waals surface area contributed by atoms with Gasteiger partial charge in [-0.15, -0.1) is 0 Å². The van der Waals surface area contributed by atoms with Crippen molar-refractivity contribution in [2.75, 3.05) is 13.1 Å². The summed E-state index contributed by atoms with van der Waals surface area (Å²) < 4.78 is 13.2. The van der Waals surface area contributed by atoms with Crippen LogP contribution in [0.3, 0.4) is 0 Å². The van der Waals surface area contributed by atoms with Crippen LogP contribution in [0.15, 0.2) is 18.5 Å². The first-order chi connectivity index (χ1) is 8.08. The standard InChI is InChI=1S/C13H20FN3/c1-9-8-17(10(2)5-16-9)11(3)12-4-13(14)7-15-6-12/h4,6-7,9-11,16H,5,8H2,1-3H3. The van der Waals surface area contributed by atoms with Crippen LogP contribution in [0.5, 0.6) is 0 Å². The molecule has 0 amide bonds. The Labute approximate surface area is 102 Å². The van der Waals surface area contributed by atoms with Gasteiger partial charge in [0.15, 0.2) is 0 Å². The monoisotopic (exact) mass is 237 g/mol. The van der Waals surface area contributed by atoms with E-state index in [0.29, 0.717) is 12.1 Å². The summed E-state index contributed by atoms with van der Waals surface area (Å²) in [7, 11) is 0. The predicted molar refractivity (Wildman–Crippen MR) is 66.2 cm³/mol. The van der Waals surface area contributed by atoms with Gasteiger partial charge in [-0.05, 0) is 32.4 Å². The van der Waals surface area contributed by atoms with Crippen LogP contribution in [-0.2, 0) is 0 Å². The van der Waals surface area contributed by atoms with Gasteiger partial charge in [-0.3, -0.25) is 9.88 Å². The molecule has 1 N–H and O–H groups in total. The average Bonchev–Trinajstić information content (AvgIpc) is 2.31. The second-order valence-corrected chi connectivity index (χ2v) is 4.97. The largest absolute Gasteiger partial charge is 0.311 e. The molecular weight excluding hydrogens is 217 g/mol. The highest BCUT2D eigenvalue weighted by atomic mass is 19.1. The molecule has 2 rings (SSSR count). The molecule has 0 saturated carbocycles. The fourth-order valence-electron chi connectivity index (χ4n) is 2.44. The normalized spacial score (nSPS) is 28.0. The lowest BCUT2D eigenvalue weighted by Gasteiger charge is -2.41. The molecule has 17 heavy (non-hydrogen) atoms. The number of nitrogens with one attached hydrogen (secondary N) is 1. The smallest absolute Gasteiger partial charge is 0.141 e. The Hall–Kier alpha value is -1.00. The summed E-state index contributed by atoms with van der Waals surface area (Å²) in [5.41, 5.74) is 0.950. The third-order valence-electron chi connectivity index (χ3n) is 3.52. The zero-order chi connectivity index (χ0) is 12.4. The average molecular weight is 237 g/mol. The molecule has 4 heteroatoms. The number of halogens is 1. The first kappa shape index (κ1) is 12.5. The van der Waals surface area contributed by atoms with Crippen LogP contribution in [0.1, 0.15) is 32.4 Å². The number of aromatic nitrogens is 1. The van der Waals surface area contributed by atoms with Crippen molar-refractivity contribution < 1.29 is 4.39 Å². The lowest BCUT2D eigenvalue weighted by Crippen LogP contribution is -2.54. The summed E-state index contributed by atoms with van der Waals surface area (Å²) in [5, 5.41) is 3.45. The molecular formula is C13H20FN3. The van der Waals surface area contributed by atoms with Crippen LogP contribution >= 0.6 is 0 Å². The number of hydrogen-bond acceptors (Lipinski definition) is 3. The third kappa shape index (κ3) is 2.82. The molecule has 0 spiro atoms. The van der Waals surface area contributed by atoms with E-state index in [4.69, 9.17) is 0 Å². The van der Waals surface area contributed by atoms with Crippen molar-refractivity contribution in [2.45, 2.75) is 38.9 Å². The fourth-order valence-corrected chi connectivity index (χ4v) is 2.44. The number of rotatable bonds is 2. The van der Waals surface area contributed by atoms with Gasteiger partial charge >= 0.3 is 0 Å². The second kappa shape index (κ2) is 5.10. The molecule has 3 atom stereocenters. The van der Waals surface area contributed by atoms with E-state index in [2.05, 4.69) is 36.0 Å². The third-order valence-corrected chi connectivity index (χ3v) is 3.52. The van der Waals surface area contributed by atoms with Gasteiger partial charge in [-0.2, -0.15) is 0 Å². The van der Waals surface area contributed by atoms with Gasteiger partial charge in [-0.25, -0.2) is 4.39 Å². The van der Waals surface area contributed by atoms with Gasteiger partial charge in [0.1, 0.15) is 5.82 Å². The minimum Gasteiger partial charge on any atom is -0.311 e. The van der Waals surface area contributed by atoms with Crippen molar-refractivity contribution in [1.29, 1.82) is 0 Å². The van der Waals surface area contributed by atoms with Gasteiger partial charge in [-0.1, -0.05) is 0 Å². The molecule has 0 aliphatic carbocycles. The highest BCUT2D eigenvalue weighted by molar-refractivity contribution is 5.15. The van der Waals surface area contributed by atoms with Crippen molar-refractivity contribution >= 4 is 0 Å². The lowest BCUT2D eigenvalue weighted by atomic mass is 10.0. The van der Waals surface area contributed by atoms with Gasteiger partial charge in [0, 0.05) is 37.4 Å². The van der Waals surface area contributed by atoms with E-state index in [1.807, 2.05) is 0 Å². The van der Waals surface area contributed by atoms with E-state index < -0.39 is 0 Å². The van der Waals surface area contributed by atoms with Gasteiger partial charge < -0.3 is 5.32 Å². The summed E-state index contributed by atoms with van der Waals surface area (Å²) in [4.78, 5) is 6.33. The first-order valence-electron chi connectivity index (χ1n) is 6.17. The van der Waals surface area contributed by atoms with E-state index in [1.54, 1.807) is 12.3 Å². The van der Waals surface area contributed by atoms with Crippen LogP contribution in [0, 0.1) is 5.82 Å². The molecule has 3 unspecified atom stereocenters.